The van der Waals surface area contributed by atoms with E-state index in [2.05, 4.69) is 5.10 Å². The molecule has 26 heavy (non-hydrogen) atoms. The van der Waals surface area contributed by atoms with Gasteiger partial charge in [0.2, 0.25) is 0 Å². The summed E-state index contributed by atoms with van der Waals surface area (Å²) >= 11 is 0. The van der Waals surface area contributed by atoms with Crippen LogP contribution in [0.2, 0.25) is 0 Å². The molecule has 0 N–H and O–H groups in total. The summed E-state index contributed by atoms with van der Waals surface area (Å²) in [5.41, 5.74) is 4.58. The van der Waals surface area contributed by atoms with Gasteiger partial charge in [0.1, 0.15) is 6.07 Å². The second-order valence-corrected chi connectivity index (χ2v) is 5.68. The van der Waals surface area contributed by atoms with Gasteiger partial charge < -0.3 is 4.74 Å². The van der Waals surface area contributed by atoms with E-state index in [9.17, 15) is 4.79 Å². The topological polar surface area (TPSA) is 67.9 Å². The van der Waals surface area contributed by atoms with Gasteiger partial charge in [-0.15, -0.1) is 0 Å². The lowest BCUT2D eigenvalue weighted by Gasteiger charge is -2.01. The number of para-hydroxylation sites is 1. The quantitative estimate of drug-likeness (QED) is 0.520. The summed E-state index contributed by atoms with van der Waals surface area (Å²) in [7, 11) is 0. The molecule has 0 atom stereocenters. The normalized spacial score (nSPS) is 10.6. The Labute approximate surface area is 151 Å². The highest BCUT2D eigenvalue weighted by atomic mass is 16.5. The first-order valence-electron chi connectivity index (χ1n) is 8.11. The lowest BCUT2D eigenvalue weighted by molar-refractivity contribution is -0.136. The minimum Gasteiger partial charge on any atom is -0.447 e. The smallest absolute Gasteiger partial charge is 0.331 e. The Morgan fingerprint density at radius 1 is 1.19 bits per heavy atom. The molecule has 0 unspecified atom stereocenters. The average Bonchev–Trinajstić information content (AvgIpc) is 3.10. The van der Waals surface area contributed by atoms with Crippen LogP contribution in [0.15, 0.2) is 66.9 Å². The van der Waals surface area contributed by atoms with Crippen LogP contribution >= 0.6 is 0 Å². The number of aryl methyl sites for hydroxylation is 1. The maximum absolute atomic E-state index is 11.7. The minimum absolute atomic E-state index is 0.267. The fraction of sp³-hybridized carbons (Fsp3) is 0.0952. The number of nitriles is 1. The van der Waals surface area contributed by atoms with E-state index < -0.39 is 5.97 Å². The highest BCUT2D eigenvalue weighted by Crippen LogP contribution is 2.25. The Bertz CT molecular complexity index is 965. The van der Waals surface area contributed by atoms with Crippen molar-refractivity contribution in [1.29, 1.82) is 5.26 Å². The van der Waals surface area contributed by atoms with Gasteiger partial charge in [-0.2, -0.15) is 10.4 Å². The molecule has 0 spiro atoms. The van der Waals surface area contributed by atoms with Crippen LogP contribution in [0.1, 0.15) is 11.1 Å². The fourth-order valence-corrected chi connectivity index (χ4v) is 2.47. The molecule has 0 aliphatic heterocycles. The van der Waals surface area contributed by atoms with Crippen LogP contribution < -0.4 is 0 Å². The van der Waals surface area contributed by atoms with Gasteiger partial charge in [-0.3, -0.25) is 0 Å². The summed E-state index contributed by atoms with van der Waals surface area (Å²) in [5, 5.41) is 13.2. The van der Waals surface area contributed by atoms with Crippen LogP contribution in [-0.2, 0) is 9.53 Å². The van der Waals surface area contributed by atoms with Gasteiger partial charge in [-0.25, -0.2) is 9.48 Å². The van der Waals surface area contributed by atoms with E-state index >= 15 is 0 Å². The van der Waals surface area contributed by atoms with Crippen molar-refractivity contribution in [2.24, 2.45) is 0 Å². The predicted molar refractivity (Wildman–Crippen MR) is 99.3 cm³/mol. The van der Waals surface area contributed by atoms with Crippen molar-refractivity contribution < 1.29 is 9.53 Å². The van der Waals surface area contributed by atoms with E-state index in [0.29, 0.717) is 0 Å². The van der Waals surface area contributed by atoms with Gasteiger partial charge in [0.15, 0.2) is 6.61 Å². The van der Waals surface area contributed by atoms with Crippen molar-refractivity contribution >= 4 is 12.0 Å². The Morgan fingerprint density at radius 3 is 2.62 bits per heavy atom. The molecule has 5 heteroatoms. The molecule has 0 aliphatic rings. The van der Waals surface area contributed by atoms with Crippen LogP contribution in [0.25, 0.3) is 23.0 Å². The molecule has 0 saturated carbocycles. The molecule has 5 nitrogen and oxygen atoms in total. The Kier molecular flexibility index (Phi) is 5.25. The third-order valence-corrected chi connectivity index (χ3v) is 3.77. The number of nitrogens with zero attached hydrogens (tertiary/aromatic N) is 3. The summed E-state index contributed by atoms with van der Waals surface area (Å²) < 4.78 is 6.52. The van der Waals surface area contributed by atoms with E-state index in [1.54, 1.807) is 16.8 Å². The van der Waals surface area contributed by atoms with Crippen molar-refractivity contribution in [2.75, 3.05) is 6.61 Å². The van der Waals surface area contributed by atoms with Gasteiger partial charge in [0, 0.05) is 23.4 Å². The lowest BCUT2D eigenvalue weighted by Crippen LogP contribution is -1.99. The number of hydrogen-bond acceptors (Lipinski definition) is 4. The van der Waals surface area contributed by atoms with E-state index in [4.69, 9.17) is 10.00 Å². The molecule has 3 aromatic rings. The van der Waals surface area contributed by atoms with Gasteiger partial charge in [-0.1, -0.05) is 48.0 Å². The van der Waals surface area contributed by atoms with Crippen molar-refractivity contribution in [3.8, 4) is 23.0 Å². The number of rotatable bonds is 5. The fourth-order valence-electron chi connectivity index (χ4n) is 2.47. The highest BCUT2D eigenvalue weighted by molar-refractivity contribution is 5.88. The number of benzene rings is 2. The predicted octanol–water partition coefficient (Wildman–Crippen LogP) is 3.93. The van der Waals surface area contributed by atoms with E-state index in [0.717, 1.165) is 28.1 Å². The highest BCUT2D eigenvalue weighted by Gasteiger charge is 2.11. The minimum atomic E-state index is -0.561. The summed E-state index contributed by atoms with van der Waals surface area (Å²) in [6.45, 7) is 1.76. The van der Waals surface area contributed by atoms with Crippen molar-refractivity contribution in [3.63, 3.8) is 0 Å². The zero-order valence-electron chi connectivity index (χ0n) is 14.3. The number of carbonyl (C=O) groups excluding carboxylic acids is 1. The summed E-state index contributed by atoms with van der Waals surface area (Å²) in [6.07, 6.45) is 4.82. The Hall–Kier alpha value is -3.65. The SMILES string of the molecule is Cc1ccc(-c2nn(-c3ccccc3)cc2/C=C/C(=O)OCC#N)cc1. The van der Waals surface area contributed by atoms with Crippen LogP contribution in [0.3, 0.4) is 0 Å². The van der Waals surface area contributed by atoms with Crippen molar-refractivity contribution in [3.05, 3.63) is 78.0 Å². The number of aromatic nitrogens is 2. The van der Waals surface area contributed by atoms with E-state index in [-0.39, 0.29) is 6.61 Å². The van der Waals surface area contributed by atoms with Gasteiger partial charge >= 0.3 is 5.97 Å². The molecule has 0 amide bonds. The Balaban J connectivity index is 1.99. The molecule has 0 fully saturated rings. The molecule has 0 aliphatic carbocycles. The molecular formula is C21H17N3O2. The van der Waals surface area contributed by atoms with E-state index in [1.165, 1.54) is 6.08 Å². The van der Waals surface area contributed by atoms with Crippen molar-refractivity contribution in [2.45, 2.75) is 6.92 Å². The first-order chi connectivity index (χ1) is 12.7. The number of esters is 1. The van der Waals surface area contributed by atoms with Gasteiger partial charge in [0.05, 0.1) is 11.4 Å². The monoisotopic (exact) mass is 343 g/mol. The lowest BCUT2D eigenvalue weighted by atomic mass is 10.1. The van der Waals surface area contributed by atoms with Crippen LogP contribution in [-0.4, -0.2) is 22.4 Å². The molecular weight excluding hydrogens is 326 g/mol. The third-order valence-electron chi connectivity index (χ3n) is 3.77. The Morgan fingerprint density at radius 2 is 1.92 bits per heavy atom. The average molecular weight is 343 g/mol. The van der Waals surface area contributed by atoms with Crippen LogP contribution in [0.4, 0.5) is 0 Å². The first kappa shape index (κ1) is 17.2. The zero-order chi connectivity index (χ0) is 18.4. The molecule has 128 valence electrons. The maximum atomic E-state index is 11.7. The summed E-state index contributed by atoms with van der Waals surface area (Å²) in [6, 6.07) is 19.6. The standard InChI is InChI=1S/C21H17N3O2/c1-16-7-9-17(10-8-16)21-18(11-12-20(25)26-14-13-22)15-24(23-21)19-5-3-2-4-6-19/h2-12,15H,14H2,1H3/b12-11+. The van der Waals surface area contributed by atoms with Crippen LogP contribution in [0, 0.1) is 18.3 Å². The molecule has 1 aromatic heterocycles. The molecule has 1 heterocycles. The zero-order valence-corrected chi connectivity index (χ0v) is 14.3. The van der Waals surface area contributed by atoms with Crippen molar-refractivity contribution in [1.82, 2.24) is 9.78 Å². The summed E-state index contributed by atoms with van der Waals surface area (Å²) in [4.78, 5) is 11.7. The van der Waals surface area contributed by atoms with Gasteiger partial charge in [0.25, 0.3) is 0 Å². The molecule has 2 aromatic carbocycles. The van der Waals surface area contributed by atoms with Crippen LogP contribution in [0.5, 0.6) is 0 Å². The third kappa shape index (κ3) is 4.05. The van der Waals surface area contributed by atoms with Gasteiger partial charge in [-0.05, 0) is 25.1 Å². The largest absolute Gasteiger partial charge is 0.447 e. The number of hydrogen-bond donors (Lipinski definition) is 0. The second kappa shape index (κ2) is 7.95. The number of ether oxygens (including phenoxy) is 1. The second-order valence-electron chi connectivity index (χ2n) is 5.68. The molecule has 0 saturated heterocycles. The number of carbonyl (C=O) groups is 1. The molecule has 3 rings (SSSR count). The molecule has 0 radical (unpaired) electrons. The first-order valence-corrected chi connectivity index (χ1v) is 8.11. The van der Waals surface area contributed by atoms with E-state index in [1.807, 2.05) is 67.7 Å². The molecule has 0 bridgehead atoms. The maximum Gasteiger partial charge on any atom is 0.331 e. The summed E-state index contributed by atoms with van der Waals surface area (Å²) in [5.74, 6) is -0.561.